The number of anilines is 1. The topological polar surface area (TPSA) is 104 Å². The highest BCUT2D eigenvalue weighted by atomic mass is 32.2. The van der Waals surface area contributed by atoms with E-state index in [1.807, 2.05) is 24.3 Å². The van der Waals surface area contributed by atoms with Gasteiger partial charge >= 0.3 is 5.97 Å². The second-order valence-corrected chi connectivity index (χ2v) is 8.95. The molecule has 0 atom stereocenters. The zero-order valence-corrected chi connectivity index (χ0v) is 16.6. The van der Waals surface area contributed by atoms with E-state index in [0.717, 1.165) is 11.3 Å². The maximum absolute atomic E-state index is 11.7. The molecule has 0 amide bonds. The lowest BCUT2D eigenvalue weighted by Crippen LogP contribution is -2.48. The Labute approximate surface area is 168 Å². The van der Waals surface area contributed by atoms with Gasteiger partial charge in [-0.15, -0.1) is 0 Å². The van der Waals surface area contributed by atoms with E-state index in [1.54, 1.807) is 12.3 Å². The number of carboxylic acids is 1. The molecule has 1 saturated heterocycles. The van der Waals surface area contributed by atoms with Gasteiger partial charge in [0.05, 0.1) is 34.7 Å². The van der Waals surface area contributed by atoms with E-state index < -0.39 is 16.0 Å². The van der Waals surface area contributed by atoms with Crippen LogP contribution >= 0.6 is 0 Å². The minimum atomic E-state index is -3.16. The number of aromatic nitrogens is 2. The van der Waals surface area contributed by atoms with E-state index in [4.69, 9.17) is 5.11 Å². The fourth-order valence-corrected chi connectivity index (χ4v) is 4.25. The number of benzene rings is 2. The van der Waals surface area contributed by atoms with Crippen molar-refractivity contribution in [3.63, 3.8) is 0 Å². The Bertz CT molecular complexity index is 1190. The van der Waals surface area contributed by atoms with E-state index in [2.05, 4.69) is 14.9 Å². The van der Waals surface area contributed by atoms with Gasteiger partial charge in [-0.3, -0.25) is 4.98 Å². The zero-order valence-electron chi connectivity index (χ0n) is 15.8. The van der Waals surface area contributed by atoms with Gasteiger partial charge in [0.2, 0.25) is 10.0 Å². The Morgan fingerprint density at radius 2 is 1.79 bits per heavy atom. The van der Waals surface area contributed by atoms with Gasteiger partial charge in [-0.25, -0.2) is 18.2 Å². The second-order valence-electron chi connectivity index (χ2n) is 6.96. The lowest BCUT2D eigenvalue weighted by Gasteiger charge is -2.34. The summed E-state index contributed by atoms with van der Waals surface area (Å²) in [6.45, 7) is 2.17. The third-order valence-electron chi connectivity index (χ3n) is 5.00. The van der Waals surface area contributed by atoms with Crippen LogP contribution in [-0.2, 0) is 10.0 Å². The molecular weight excluding hydrogens is 392 g/mol. The first-order chi connectivity index (χ1) is 13.8. The second kappa shape index (κ2) is 7.41. The van der Waals surface area contributed by atoms with Gasteiger partial charge in [-0.1, -0.05) is 12.1 Å². The summed E-state index contributed by atoms with van der Waals surface area (Å²) >= 11 is 0. The Morgan fingerprint density at radius 3 is 2.48 bits per heavy atom. The lowest BCUT2D eigenvalue weighted by molar-refractivity contribution is 0.0697. The number of nitrogens with zero attached hydrogens (tertiary/aromatic N) is 4. The minimum absolute atomic E-state index is 0.176. The van der Waals surface area contributed by atoms with Crippen molar-refractivity contribution in [1.82, 2.24) is 14.3 Å². The van der Waals surface area contributed by atoms with Crippen LogP contribution in [0.2, 0.25) is 0 Å². The summed E-state index contributed by atoms with van der Waals surface area (Å²) in [5.74, 6) is -0.999. The van der Waals surface area contributed by atoms with Gasteiger partial charge < -0.3 is 10.0 Å². The predicted octanol–water partition coefficient (Wildman–Crippen LogP) is 2.08. The summed E-state index contributed by atoms with van der Waals surface area (Å²) in [6.07, 6.45) is 2.87. The van der Waals surface area contributed by atoms with Gasteiger partial charge in [0, 0.05) is 37.4 Å². The summed E-state index contributed by atoms with van der Waals surface area (Å²) in [5, 5.41) is 9.10. The molecule has 2 aromatic carbocycles. The molecule has 2 heterocycles. The standard InChI is InChI=1S/C20H20N4O4S/c1-29(27,28)24-9-7-23(8-10-24)16-4-2-3-14(11-16)19-13-21-18-12-15(20(25)26)5-6-17(18)22-19/h2-6,11-13H,7-10H2,1H3,(H,25,26). The maximum atomic E-state index is 11.7. The van der Waals surface area contributed by atoms with Gasteiger partial charge in [0.1, 0.15) is 0 Å². The van der Waals surface area contributed by atoms with Crippen molar-refractivity contribution in [2.45, 2.75) is 0 Å². The minimum Gasteiger partial charge on any atom is -0.478 e. The van der Waals surface area contributed by atoms with Crippen LogP contribution in [0.15, 0.2) is 48.7 Å². The van der Waals surface area contributed by atoms with Crippen molar-refractivity contribution >= 4 is 32.7 Å². The maximum Gasteiger partial charge on any atom is 0.335 e. The molecule has 1 aromatic heterocycles. The van der Waals surface area contributed by atoms with Gasteiger partial charge in [-0.05, 0) is 30.3 Å². The molecule has 29 heavy (non-hydrogen) atoms. The Kier molecular flexibility index (Phi) is 4.93. The van der Waals surface area contributed by atoms with Crippen molar-refractivity contribution in [3.8, 4) is 11.3 Å². The van der Waals surface area contributed by atoms with E-state index in [0.29, 0.717) is 42.9 Å². The quantitative estimate of drug-likeness (QED) is 0.700. The molecule has 4 rings (SSSR count). The van der Waals surface area contributed by atoms with E-state index in [9.17, 15) is 13.2 Å². The molecule has 0 bridgehead atoms. The third kappa shape index (κ3) is 4.06. The average Bonchev–Trinajstić information content (AvgIpc) is 2.72. The first-order valence-corrected chi connectivity index (χ1v) is 11.0. The van der Waals surface area contributed by atoms with Crippen LogP contribution in [0.3, 0.4) is 0 Å². The fourth-order valence-electron chi connectivity index (χ4n) is 3.42. The molecule has 1 N–H and O–H groups in total. The van der Waals surface area contributed by atoms with Crippen LogP contribution in [0.1, 0.15) is 10.4 Å². The highest BCUT2D eigenvalue weighted by Crippen LogP contribution is 2.25. The molecule has 150 valence electrons. The van der Waals surface area contributed by atoms with Crippen molar-refractivity contribution in [2.24, 2.45) is 0 Å². The van der Waals surface area contributed by atoms with E-state index in [-0.39, 0.29) is 5.56 Å². The SMILES string of the molecule is CS(=O)(=O)N1CCN(c2cccc(-c3cnc4cc(C(=O)O)ccc4n3)c2)CC1. The Hall–Kier alpha value is -3.04. The number of rotatable bonds is 4. The van der Waals surface area contributed by atoms with Crippen LogP contribution in [0.25, 0.3) is 22.3 Å². The average molecular weight is 412 g/mol. The summed E-state index contributed by atoms with van der Waals surface area (Å²) in [5.41, 5.74) is 3.91. The number of sulfonamides is 1. The molecule has 0 unspecified atom stereocenters. The summed E-state index contributed by atoms with van der Waals surface area (Å²) in [6, 6.07) is 12.6. The molecule has 8 nitrogen and oxygen atoms in total. The lowest BCUT2D eigenvalue weighted by atomic mass is 10.1. The summed E-state index contributed by atoms with van der Waals surface area (Å²) in [4.78, 5) is 22.2. The molecule has 1 aliphatic rings. The van der Waals surface area contributed by atoms with Crippen LogP contribution in [-0.4, -0.2) is 66.2 Å². The molecule has 0 spiro atoms. The van der Waals surface area contributed by atoms with Crippen molar-refractivity contribution in [2.75, 3.05) is 37.3 Å². The van der Waals surface area contributed by atoms with Gasteiger partial charge in [-0.2, -0.15) is 4.31 Å². The van der Waals surface area contributed by atoms with Crippen LogP contribution in [0, 0.1) is 0 Å². The number of aromatic carboxylic acids is 1. The molecule has 3 aromatic rings. The van der Waals surface area contributed by atoms with Crippen LogP contribution < -0.4 is 4.90 Å². The molecule has 9 heteroatoms. The van der Waals surface area contributed by atoms with Crippen LogP contribution in [0.4, 0.5) is 5.69 Å². The Morgan fingerprint density at radius 1 is 1.03 bits per heavy atom. The monoisotopic (exact) mass is 412 g/mol. The molecular formula is C20H20N4O4S. The predicted molar refractivity (Wildman–Crippen MR) is 111 cm³/mol. The highest BCUT2D eigenvalue weighted by Gasteiger charge is 2.23. The van der Waals surface area contributed by atoms with Gasteiger partial charge in [0.15, 0.2) is 0 Å². The molecule has 0 aliphatic carbocycles. The molecule has 0 saturated carbocycles. The number of hydrogen-bond donors (Lipinski definition) is 1. The fraction of sp³-hybridized carbons (Fsp3) is 0.250. The summed E-state index contributed by atoms with van der Waals surface area (Å²) < 4.78 is 24.9. The van der Waals surface area contributed by atoms with Crippen LogP contribution in [0.5, 0.6) is 0 Å². The zero-order chi connectivity index (χ0) is 20.6. The van der Waals surface area contributed by atoms with Crippen molar-refractivity contribution in [3.05, 3.63) is 54.2 Å². The Balaban J connectivity index is 1.59. The highest BCUT2D eigenvalue weighted by molar-refractivity contribution is 7.88. The normalized spacial score (nSPS) is 15.6. The number of piperazine rings is 1. The van der Waals surface area contributed by atoms with Crippen molar-refractivity contribution in [1.29, 1.82) is 0 Å². The first-order valence-electron chi connectivity index (χ1n) is 9.12. The smallest absolute Gasteiger partial charge is 0.335 e. The summed E-state index contributed by atoms with van der Waals surface area (Å²) in [7, 11) is -3.16. The molecule has 1 aliphatic heterocycles. The van der Waals surface area contributed by atoms with Crippen molar-refractivity contribution < 1.29 is 18.3 Å². The van der Waals surface area contributed by atoms with E-state index in [1.165, 1.54) is 22.7 Å². The number of hydrogen-bond acceptors (Lipinski definition) is 6. The third-order valence-corrected chi connectivity index (χ3v) is 6.31. The number of carboxylic acid groups (broad SMARTS) is 1. The largest absolute Gasteiger partial charge is 0.478 e. The van der Waals surface area contributed by atoms with Gasteiger partial charge in [0.25, 0.3) is 0 Å². The molecule has 1 fully saturated rings. The van der Waals surface area contributed by atoms with E-state index >= 15 is 0 Å². The molecule has 0 radical (unpaired) electrons. The number of carbonyl (C=O) groups is 1. The number of fused-ring (bicyclic) bond motifs is 1. The first kappa shape index (κ1) is 19.3.